The molecule has 1 aliphatic carbocycles. The van der Waals surface area contributed by atoms with E-state index in [4.69, 9.17) is 5.73 Å². The van der Waals surface area contributed by atoms with E-state index in [2.05, 4.69) is 6.07 Å². The summed E-state index contributed by atoms with van der Waals surface area (Å²) in [5.74, 6) is 0.197. The number of rotatable bonds is 5. The Kier molecular flexibility index (Phi) is 3.84. The molecule has 17 heavy (non-hydrogen) atoms. The maximum atomic E-state index is 12.2. The van der Waals surface area contributed by atoms with Crippen molar-refractivity contribution in [3.63, 3.8) is 0 Å². The molecular weight excluding hydrogens is 232 g/mol. The Hall–Kier alpha value is -0.870. The normalized spacial score (nSPS) is 17.5. The van der Waals surface area contributed by atoms with Crippen LogP contribution in [0.5, 0.6) is 0 Å². The fourth-order valence-electron chi connectivity index (χ4n) is 2.19. The molecule has 3 nitrogen and oxygen atoms in total. The van der Waals surface area contributed by atoms with E-state index in [1.807, 2.05) is 23.3 Å². The zero-order chi connectivity index (χ0) is 12.3. The molecule has 0 unspecified atom stereocenters. The molecule has 1 amide bonds. The van der Waals surface area contributed by atoms with Gasteiger partial charge in [0.25, 0.3) is 0 Å². The number of carbonyl (C=O) groups is 1. The molecule has 0 aromatic carbocycles. The summed E-state index contributed by atoms with van der Waals surface area (Å²) in [4.78, 5) is 15.3. The second kappa shape index (κ2) is 5.19. The monoisotopic (exact) mass is 252 g/mol. The number of hydrogen-bond acceptors (Lipinski definition) is 3. The van der Waals surface area contributed by atoms with Gasteiger partial charge in [-0.1, -0.05) is 6.07 Å². The van der Waals surface area contributed by atoms with E-state index in [1.165, 1.54) is 11.3 Å². The van der Waals surface area contributed by atoms with Crippen LogP contribution in [-0.2, 0) is 11.3 Å². The average molecular weight is 252 g/mol. The first-order valence-electron chi connectivity index (χ1n) is 6.22. The first kappa shape index (κ1) is 12.6. The molecule has 2 rings (SSSR count). The van der Waals surface area contributed by atoms with Gasteiger partial charge in [0.15, 0.2) is 0 Å². The minimum absolute atomic E-state index is 0.197. The Bertz CT molecular complexity index is 371. The number of nitrogens with two attached hydrogens (primary N) is 1. The second-order valence-electron chi connectivity index (χ2n) is 4.88. The first-order valence-corrected chi connectivity index (χ1v) is 7.10. The summed E-state index contributed by atoms with van der Waals surface area (Å²) in [6.45, 7) is 3.51. The van der Waals surface area contributed by atoms with Gasteiger partial charge in [-0.25, -0.2) is 0 Å². The summed E-state index contributed by atoms with van der Waals surface area (Å²) in [5.41, 5.74) is 5.92. The SMILES string of the molecule is CCN(Cc1cccs1)C(=O)CC1(N)CCC1. The summed E-state index contributed by atoms with van der Waals surface area (Å²) in [7, 11) is 0. The molecule has 0 atom stereocenters. The van der Waals surface area contributed by atoms with Crippen molar-refractivity contribution < 1.29 is 4.79 Å². The van der Waals surface area contributed by atoms with Gasteiger partial charge >= 0.3 is 0 Å². The fourth-order valence-corrected chi connectivity index (χ4v) is 2.91. The van der Waals surface area contributed by atoms with Gasteiger partial charge in [-0.15, -0.1) is 11.3 Å². The quantitative estimate of drug-likeness (QED) is 0.874. The van der Waals surface area contributed by atoms with Gasteiger partial charge < -0.3 is 10.6 Å². The maximum Gasteiger partial charge on any atom is 0.224 e. The second-order valence-corrected chi connectivity index (χ2v) is 5.91. The molecule has 2 N–H and O–H groups in total. The Morgan fingerprint density at radius 1 is 1.59 bits per heavy atom. The van der Waals surface area contributed by atoms with Crippen LogP contribution in [0.2, 0.25) is 0 Å². The van der Waals surface area contributed by atoms with E-state index >= 15 is 0 Å². The fraction of sp³-hybridized carbons (Fsp3) is 0.615. The third-order valence-electron chi connectivity index (χ3n) is 3.51. The Labute approximate surface area is 107 Å². The Morgan fingerprint density at radius 2 is 2.35 bits per heavy atom. The molecule has 1 aromatic rings. The lowest BCUT2D eigenvalue weighted by Gasteiger charge is -2.38. The predicted octanol–water partition coefficient (Wildman–Crippen LogP) is 2.37. The molecule has 1 aromatic heterocycles. The van der Waals surface area contributed by atoms with Gasteiger partial charge in [-0.2, -0.15) is 0 Å². The number of thiophene rings is 1. The van der Waals surface area contributed by atoms with Crippen molar-refractivity contribution in [2.24, 2.45) is 5.73 Å². The maximum absolute atomic E-state index is 12.2. The lowest BCUT2D eigenvalue weighted by Crippen LogP contribution is -2.50. The van der Waals surface area contributed by atoms with Gasteiger partial charge in [0.05, 0.1) is 6.54 Å². The van der Waals surface area contributed by atoms with Crippen molar-refractivity contribution in [2.75, 3.05) is 6.54 Å². The molecule has 0 saturated heterocycles. The number of carbonyl (C=O) groups excluding carboxylic acids is 1. The highest BCUT2D eigenvalue weighted by Crippen LogP contribution is 2.32. The van der Waals surface area contributed by atoms with Crippen LogP contribution in [0.1, 0.15) is 37.5 Å². The summed E-state index contributed by atoms with van der Waals surface area (Å²) in [5, 5.41) is 2.05. The van der Waals surface area contributed by atoms with Crippen molar-refractivity contribution in [3.8, 4) is 0 Å². The molecule has 0 radical (unpaired) electrons. The van der Waals surface area contributed by atoms with Gasteiger partial charge in [0.1, 0.15) is 0 Å². The molecule has 0 aliphatic heterocycles. The number of amides is 1. The van der Waals surface area contributed by atoms with Crippen LogP contribution in [0.15, 0.2) is 17.5 Å². The number of nitrogens with zero attached hydrogens (tertiary/aromatic N) is 1. The Morgan fingerprint density at radius 3 is 2.82 bits per heavy atom. The first-order chi connectivity index (χ1) is 8.13. The van der Waals surface area contributed by atoms with E-state index < -0.39 is 0 Å². The summed E-state index contributed by atoms with van der Waals surface area (Å²) in [6.07, 6.45) is 3.66. The lowest BCUT2D eigenvalue weighted by atomic mass is 9.75. The van der Waals surface area contributed by atoms with Gasteiger partial charge in [-0.05, 0) is 37.6 Å². The molecule has 1 aliphatic rings. The van der Waals surface area contributed by atoms with Crippen LogP contribution in [-0.4, -0.2) is 22.9 Å². The van der Waals surface area contributed by atoms with Gasteiger partial charge in [0, 0.05) is 23.4 Å². The highest BCUT2D eigenvalue weighted by Gasteiger charge is 2.35. The van der Waals surface area contributed by atoms with E-state index in [0.717, 1.165) is 25.9 Å². The third-order valence-corrected chi connectivity index (χ3v) is 4.37. The topological polar surface area (TPSA) is 46.3 Å². The summed E-state index contributed by atoms with van der Waals surface area (Å²) < 4.78 is 0. The smallest absolute Gasteiger partial charge is 0.224 e. The van der Waals surface area contributed by atoms with Crippen LogP contribution < -0.4 is 5.73 Å². The zero-order valence-electron chi connectivity index (χ0n) is 10.3. The lowest BCUT2D eigenvalue weighted by molar-refractivity contribution is -0.133. The standard InChI is InChI=1S/C13H20N2OS/c1-2-15(10-11-5-3-8-17-11)12(16)9-13(14)6-4-7-13/h3,5,8H,2,4,6-7,9-10,14H2,1H3. The molecule has 1 fully saturated rings. The van der Waals surface area contributed by atoms with Crippen LogP contribution >= 0.6 is 11.3 Å². The molecule has 1 heterocycles. The van der Waals surface area contributed by atoms with Crippen molar-refractivity contribution in [3.05, 3.63) is 22.4 Å². The molecule has 0 spiro atoms. The molecule has 1 saturated carbocycles. The van der Waals surface area contributed by atoms with Crippen LogP contribution in [0, 0.1) is 0 Å². The molecule has 94 valence electrons. The van der Waals surface area contributed by atoms with E-state index in [0.29, 0.717) is 6.42 Å². The van der Waals surface area contributed by atoms with Gasteiger partial charge in [-0.3, -0.25) is 4.79 Å². The van der Waals surface area contributed by atoms with Crippen molar-refractivity contribution in [2.45, 2.75) is 44.7 Å². The minimum atomic E-state index is -0.208. The Balaban J connectivity index is 1.91. The summed E-state index contributed by atoms with van der Waals surface area (Å²) >= 11 is 1.70. The van der Waals surface area contributed by atoms with Crippen LogP contribution in [0.4, 0.5) is 0 Å². The van der Waals surface area contributed by atoms with Crippen molar-refractivity contribution in [1.82, 2.24) is 4.90 Å². The zero-order valence-corrected chi connectivity index (χ0v) is 11.1. The molecule has 0 bridgehead atoms. The van der Waals surface area contributed by atoms with E-state index in [1.54, 1.807) is 11.3 Å². The minimum Gasteiger partial charge on any atom is -0.338 e. The largest absolute Gasteiger partial charge is 0.338 e. The molecular formula is C13H20N2OS. The van der Waals surface area contributed by atoms with Crippen LogP contribution in [0.3, 0.4) is 0 Å². The van der Waals surface area contributed by atoms with Crippen molar-refractivity contribution in [1.29, 1.82) is 0 Å². The highest BCUT2D eigenvalue weighted by atomic mass is 32.1. The van der Waals surface area contributed by atoms with Crippen LogP contribution in [0.25, 0.3) is 0 Å². The highest BCUT2D eigenvalue weighted by molar-refractivity contribution is 7.09. The van der Waals surface area contributed by atoms with Crippen molar-refractivity contribution >= 4 is 17.2 Å². The number of hydrogen-bond donors (Lipinski definition) is 1. The molecule has 4 heteroatoms. The van der Waals surface area contributed by atoms with E-state index in [9.17, 15) is 4.79 Å². The third kappa shape index (κ3) is 3.07. The average Bonchev–Trinajstić information content (AvgIpc) is 2.76. The van der Waals surface area contributed by atoms with Gasteiger partial charge in [0.2, 0.25) is 5.91 Å². The predicted molar refractivity (Wildman–Crippen MR) is 70.8 cm³/mol. The van der Waals surface area contributed by atoms with E-state index in [-0.39, 0.29) is 11.4 Å². The summed E-state index contributed by atoms with van der Waals surface area (Å²) in [6, 6.07) is 4.09.